The molecule has 116 valence electrons. The Labute approximate surface area is 122 Å². The minimum absolute atomic E-state index is 0.00843. The lowest BCUT2D eigenvalue weighted by Gasteiger charge is -2.35. The van der Waals surface area contributed by atoms with Gasteiger partial charge in [0, 0.05) is 12.1 Å². The van der Waals surface area contributed by atoms with Crippen LogP contribution in [0.25, 0.3) is 0 Å². The van der Waals surface area contributed by atoms with Gasteiger partial charge in [0.05, 0.1) is 7.11 Å². The third-order valence-electron chi connectivity index (χ3n) is 4.13. The molecule has 0 aromatic rings. The number of hydrogen-bond donors (Lipinski definition) is 1. The molecule has 1 rings (SSSR count). The van der Waals surface area contributed by atoms with Crippen molar-refractivity contribution in [3.8, 4) is 0 Å². The monoisotopic (exact) mass is 284 g/mol. The van der Waals surface area contributed by atoms with Crippen molar-refractivity contribution < 1.29 is 14.3 Å². The smallest absolute Gasteiger partial charge is 0.407 e. The zero-order valence-corrected chi connectivity index (χ0v) is 13.5. The molecule has 3 atom stereocenters. The standard InChI is InChI=1S/C15H28N2O3/c1-9(2)12-8-7-11(5)17(12)14(18)13(10(3)4)16-15(19)20-6/h9-13H,7-8H2,1-6H3,(H,16,19)/t11-,12-,13?/m0/s1. The number of amides is 2. The van der Waals surface area contributed by atoms with E-state index < -0.39 is 12.1 Å². The Morgan fingerprint density at radius 2 is 1.80 bits per heavy atom. The highest BCUT2D eigenvalue weighted by Crippen LogP contribution is 2.30. The fraction of sp³-hybridized carbons (Fsp3) is 0.867. The lowest BCUT2D eigenvalue weighted by Crippen LogP contribution is -2.54. The van der Waals surface area contributed by atoms with Gasteiger partial charge in [0.15, 0.2) is 0 Å². The lowest BCUT2D eigenvalue weighted by molar-refractivity contribution is -0.137. The predicted molar refractivity (Wildman–Crippen MR) is 78.3 cm³/mol. The van der Waals surface area contributed by atoms with Crippen molar-refractivity contribution in [1.82, 2.24) is 10.2 Å². The molecule has 1 saturated heterocycles. The fourth-order valence-electron chi connectivity index (χ4n) is 2.91. The Morgan fingerprint density at radius 3 is 2.25 bits per heavy atom. The van der Waals surface area contributed by atoms with Gasteiger partial charge in [0.1, 0.15) is 6.04 Å². The summed E-state index contributed by atoms with van der Waals surface area (Å²) < 4.78 is 4.62. The SMILES string of the molecule is COC(=O)NC(C(=O)N1[C@@H](C)CC[C@H]1C(C)C)C(C)C. The molecule has 0 bridgehead atoms. The Kier molecular flexibility index (Phi) is 5.84. The maximum atomic E-state index is 12.8. The zero-order chi connectivity index (χ0) is 15.4. The summed E-state index contributed by atoms with van der Waals surface area (Å²) in [6, 6.07) is -0.0296. The molecule has 0 aromatic carbocycles. The number of carbonyl (C=O) groups is 2. The van der Waals surface area contributed by atoms with E-state index in [0.717, 1.165) is 12.8 Å². The molecular formula is C15H28N2O3. The normalized spacial score (nSPS) is 24.1. The summed E-state index contributed by atoms with van der Waals surface area (Å²) in [5.41, 5.74) is 0. The summed E-state index contributed by atoms with van der Waals surface area (Å²) in [7, 11) is 1.31. The molecule has 5 heteroatoms. The van der Waals surface area contributed by atoms with E-state index in [1.165, 1.54) is 7.11 Å². The summed E-state index contributed by atoms with van der Waals surface area (Å²) in [5.74, 6) is 0.464. The predicted octanol–water partition coefficient (Wildman–Crippen LogP) is 2.40. The van der Waals surface area contributed by atoms with Gasteiger partial charge >= 0.3 is 6.09 Å². The van der Waals surface area contributed by atoms with Crippen LogP contribution in [0.5, 0.6) is 0 Å². The average molecular weight is 284 g/mol. The Morgan fingerprint density at radius 1 is 1.20 bits per heavy atom. The van der Waals surface area contributed by atoms with E-state index >= 15 is 0 Å². The Balaban J connectivity index is 2.90. The number of carbonyl (C=O) groups excluding carboxylic acids is 2. The first kappa shape index (κ1) is 16.8. The minimum atomic E-state index is -0.551. The first-order chi connectivity index (χ1) is 9.29. The number of hydrogen-bond acceptors (Lipinski definition) is 3. The van der Waals surface area contributed by atoms with Crippen molar-refractivity contribution in [3.05, 3.63) is 0 Å². The fourth-order valence-corrected chi connectivity index (χ4v) is 2.91. The number of ether oxygens (including phenoxy) is 1. The van der Waals surface area contributed by atoms with E-state index in [1.807, 2.05) is 18.7 Å². The van der Waals surface area contributed by atoms with Crippen LogP contribution >= 0.6 is 0 Å². The second-order valence-corrected chi connectivity index (χ2v) is 6.34. The molecule has 1 fully saturated rings. The summed E-state index contributed by atoms with van der Waals surface area (Å²) in [6.45, 7) is 10.2. The Bertz CT molecular complexity index is 355. The number of methoxy groups -OCH3 is 1. The highest BCUT2D eigenvalue weighted by atomic mass is 16.5. The first-order valence-corrected chi connectivity index (χ1v) is 7.46. The van der Waals surface area contributed by atoms with E-state index in [-0.39, 0.29) is 23.9 Å². The third-order valence-corrected chi connectivity index (χ3v) is 4.13. The molecule has 0 radical (unpaired) electrons. The van der Waals surface area contributed by atoms with Crippen LogP contribution in [0.3, 0.4) is 0 Å². The van der Waals surface area contributed by atoms with Crippen LogP contribution in [0, 0.1) is 11.8 Å². The molecular weight excluding hydrogens is 256 g/mol. The number of likely N-dealkylation sites (tertiary alicyclic amines) is 1. The van der Waals surface area contributed by atoms with E-state index in [9.17, 15) is 9.59 Å². The van der Waals surface area contributed by atoms with Crippen LogP contribution in [0.15, 0.2) is 0 Å². The summed E-state index contributed by atoms with van der Waals surface area (Å²) in [4.78, 5) is 26.2. The lowest BCUT2D eigenvalue weighted by atomic mass is 9.99. The summed E-state index contributed by atoms with van der Waals surface area (Å²) in [5, 5.41) is 2.67. The second kappa shape index (κ2) is 6.95. The number of rotatable bonds is 4. The van der Waals surface area contributed by atoms with Gasteiger partial charge in [-0.15, -0.1) is 0 Å². The highest BCUT2D eigenvalue weighted by Gasteiger charge is 2.40. The molecule has 20 heavy (non-hydrogen) atoms. The van der Waals surface area contributed by atoms with Crippen molar-refractivity contribution in [2.75, 3.05) is 7.11 Å². The van der Waals surface area contributed by atoms with Crippen molar-refractivity contribution in [2.45, 2.75) is 65.6 Å². The van der Waals surface area contributed by atoms with Gasteiger partial charge in [-0.2, -0.15) is 0 Å². The topological polar surface area (TPSA) is 58.6 Å². The molecule has 0 aromatic heterocycles. The maximum absolute atomic E-state index is 12.8. The van der Waals surface area contributed by atoms with Gasteiger partial charge in [-0.25, -0.2) is 4.79 Å². The number of nitrogens with zero attached hydrogens (tertiary/aromatic N) is 1. The Hall–Kier alpha value is -1.26. The van der Waals surface area contributed by atoms with Crippen LogP contribution in [-0.2, 0) is 9.53 Å². The molecule has 1 aliphatic heterocycles. The summed E-state index contributed by atoms with van der Waals surface area (Å²) >= 11 is 0. The van der Waals surface area contributed by atoms with Gasteiger partial charge in [0.2, 0.25) is 5.91 Å². The molecule has 1 heterocycles. The van der Waals surface area contributed by atoms with E-state index in [2.05, 4.69) is 30.8 Å². The van der Waals surface area contributed by atoms with E-state index in [0.29, 0.717) is 5.92 Å². The molecule has 0 saturated carbocycles. The van der Waals surface area contributed by atoms with Crippen LogP contribution in [-0.4, -0.2) is 42.1 Å². The first-order valence-electron chi connectivity index (χ1n) is 7.46. The molecule has 2 amide bonds. The van der Waals surface area contributed by atoms with Gasteiger partial charge in [-0.3, -0.25) is 4.79 Å². The average Bonchev–Trinajstić information content (AvgIpc) is 2.76. The maximum Gasteiger partial charge on any atom is 0.407 e. The van der Waals surface area contributed by atoms with Crippen molar-refractivity contribution in [2.24, 2.45) is 11.8 Å². The molecule has 0 spiro atoms. The van der Waals surface area contributed by atoms with Crippen LogP contribution in [0.4, 0.5) is 4.79 Å². The second-order valence-electron chi connectivity index (χ2n) is 6.34. The number of alkyl carbamates (subject to hydrolysis) is 1. The van der Waals surface area contributed by atoms with Gasteiger partial charge in [0.25, 0.3) is 0 Å². The van der Waals surface area contributed by atoms with Crippen molar-refractivity contribution in [1.29, 1.82) is 0 Å². The molecule has 1 unspecified atom stereocenters. The van der Waals surface area contributed by atoms with E-state index in [1.54, 1.807) is 0 Å². The van der Waals surface area contributed by atoms with Crippen molar-refractivity contribution in [3.63, 3.8) is 0 Å². The molecule has 0 aliphatic carbocycles. The number of nitrogens with one attached hydrogen (secondary N) is 1. The molecule has 1 aliphatic rings. The summed E-state index contributed by atoms with van der Waals surface area (Å²) in [6.07, 6.45) is 1.51. The third kappa shape index (κ3) is 3.64. The molecule has 1 N–H and O–H groups in total. The van der Waals surface area contributed by atoms with Crippen molar-refractivity contribution >= 4 is 12.0 Å². The zero-order valence-electron chi connectivity index (χ0n) is 13.5. The quantitative estimate of drug-likeness (QED) is 0.862. The molecule has 5 nitrogen and oxygen atoms in total. The van der Waals surface area contributed by atoms with Gasteiger partial charge in [-0.05, 0) is 31.6 Å². The largest absolute Gasteiger partial charge is 0.453 e. The van der Waals surface area contributed by atoms with E-state index in [4.69, 9.17) is 0 Å². The minimum Gasteiger partial charge on any atom is -0.453 e. The highest BCUT2D eigenvalue weighted by molar-refractivity contribution is 5.86. The van der Waals surface area contributed by atoms with Gasteiger partial charge in [-0.1, -0.05) is 27.7 Å². The van der Waals surface area contributed by atoms with Crippen LogP contribution in [0.1, 0.15) is 47.5 Å². The van der Waals surface area contributed by atoms with Crippen LogP contribution < -0.4 is 5.32 Å². The van der Waals surface area contributed by atoms with Gasteiger partial charge < -0.3 is 15.0 Å². The van der Waals surface area contributed by atoms with Crippen LogP contribution in [0.2, 0.25) is 0 Å².